The summed E-state index contributed by atoms with van der Waals surface area (Å²) in [5.41, 5.74) is 4.08. The molecule has 0 spiro atoms. The van der Waals surface area contributed by atoms with Crippen molar-refractivity contribution in [1.82, 2.24) is 0 Å². The third kappa shape index (κ3) is 5.61. The lowest BCUT2D eigenvalue weighted by molar-refractivity contribution is 0.212. The van der Waals surface area contributed by atoms with Crippen LogP contribution in [-0.2, 0) is 0 Å². The van der Waals surface area contributed by atoms with E-state index in [4.69, 9.17) is 5.11 Å². The van der Waals surface area contributed by atoms with Crippen LogP contribution in [0.5, 0.6) is 0 Å². The maximum absolute atomic E-state index is 9.17. The van der Waals surface area contributed by atoms with E-state index in [2.05, 4.69) is 12.7 Å². The van der Waals surface area contributed by atoms with Crippen molar-refractivity contribution in [3.8, 4) is 0 Å². The molecule has 1 nitrogen and oxygen atoms in total. The normalized spacial score (nSPS) is 12.0. The van der Waals surface area contributed by atoms with Gasteiger partial charge >= 0.3 is 0 Å². The molecule has 0 aliphatic heterocycles. The van der Waals surface area contributed by atoms with Crippen LogP contribution in [0.2, 0.25) is 0 Å². The molecule has 0 saturated heterocycles. The summed E-state index contributed by atoms with van der Waals surface area (Å²) in [6, 6.07) is 0. The van der Waals surface area contributed by atoms with Gasteiger partial charge in [0.05, 0.1) is 6.10 Å². The fraction of sp³-hybridized carbons (Fsp3) is 0.667. The van der Waals surface area contributed by atoms with Gasteiger partial charge in [0, 0.05) is 0 Å². The molecule has 1 atom stereocenters. The maximum atomic E-state index is 9.17. The molecule has 1 N–H and O–H groups in total. The average molecular weight is 140 g/mol. The Balaban J connectivity index is 3.77. The molecule has 58 valence electrons. The van der Waals surface area contributed by atoms with E-state index in [1.165, 1.54) is 0 Å². The Morgan fingerprint density at radius 3 is 2.60 bits per heavy atom. The van der Waals surface area contributed by atoms with Crippen LogP contribution >= 0.6 is 0 Å². The first kappa shape index (κ1) is 9.48. The first-order chi connectivity index (χ1) is 4.66. The minimum atomic E-state index is -0.306. The Labute approximate surface area is 63.1 Å². The van der Waals surface area contributed by atoms with Gasteiger partial charge in [-0.3, -0.25) is 0 Å². The fourth-order valence-electron chi connectivity index (χ4n) is 0.642. The second kappa shape index (κ2) is 5.28. The average Bonchev–Trinajstić information content (AvgIpc) is 1.85. The van der Waals surface area contributed by atoms with Crippen molar-refractivity contribution in [1.29, 1.82) is 0 Å². The molecule has 0 aromatic carbocycles. The van der Waals surface area contributed by atoms with Crippen molar-refractivity contribution in [2.45, 2.75) is 39.7 Å². The summed E-state index contributed by atoms with van der Waals surface area (Å²) >= 11 is 0. The molecule has 10 heavy (non-hydrogen) atoms. The van der Waals surface area contributed by atoms with E-state index in [9.17, 15) is 0 Å². The van der Waals surface area contributed by atoms with Crippen molar-refractivity contribution in [2.75, 3.05) is 0 Å². The second-order valence-electron chi connectivity index (χ2n) is 2.67. The highest BCUT2D eigenvalue weighted by atomic mass is 16.3. The van der Waals surface area contributed by atoms with E-state index in [-0.39, 0.29) is 6.10 Å². The number of hydrogen-bond donors (Lipinski definition) is 1. The van der Waals surface area contributed by atoms with Gasteiger partial charge in [0.15, 0.2) is 0 Å². The molecule has 0 heterocycles. The topological polar surface area (TPSA) is 20.2 Å². The van der Waals surface area contributed by atoms with Gasteiger partial charge in [-0.05, 0) is 31.9 Å². The molecule has 0 aliphatic carbocycles. The molecule has 0 saturated carbocycles. The number of hydrogen-bond acceptors (Lipinski definition) is 1. The van der Waals surface area contributed by atoms with Crippen LogP contribution in [0, 0.1) is 0 Å². The number of rotatable bonds is 3. The van der Waals surface area contributed by atoms with Gasteiger partial charge in [-0.2, -0.15) is 0 Å². The molecule has 0 aliphatic rings. The smallest absolute Gasteiger partial charge is 0.0794 e. The standard InChI is InChI=1S/C9H16O/c1-4-5-9(10)7-6-8(2)3/h7,9-10H,4-5H2,1-3H3. The second-order valence-corrected chi connectivity index (χ2v) is 2.67. The summed E-state index contributed by atoms with van der Waals surface area (Å²) in [5, 5.41) is 9.17. The molecule has 1 unspecified atom stereocenters. The maximum Gasteiger partial charge on any atom is 0.0794 e. The Morgan fingerprint density at radius 2 is 2.20 bits per heavy atom. The van der Waals surface area contributed by atoms with Crippen LogP contribution in [-0.4, -0.2) is 11.2 Å². The van der Waals surface area contributed by atoms with E-state index >= 15 is 0 Å². The zero-order chi connectivity index (χ0) is 7.98. The van der Waals surface area contributed by atoms with Crippen molar-refractivity contribution < 1.29 is 5.11 Å². The van der Waals surface area contributed by atoms with Gasteiger partial charge in [0.2, 0.25) is 0 Å². The lowest BCUT2D eigenvalue weighted by atomic mass is 10.2. The quantitative estimate of drug-likeness (QED) is 0.596. The Kier molecular flexibility index (Phi) is 5.00. The predicted molar refractivity (Wildman–Crippen MR) is 43.9 cm³/mol. The molecule has 0 amide bonds. The fourth-order valence-corrected chi connectivity index (χ4v) is 0.642. The van der Waals surface area contributed by atoms with Crippen LogP contribution in [0.1, 0.15) is 33.6 Å². The van der Waals surface area contributed by atoms with Gasteiger partial charge in [0.25, 0.3) is 0 Å². The van der Waals surface area contributed by atoms with Gasteiger partial charge < -0.3 is 5.11 Å². The van der Waals surface area contributed by atoms with Gasteiger partial charge in [0.1, 0.15) is 0 Å². The van der Waals surface area contributed by atoms with E-state index < -0.39 is 0 Å². The number of aliphatic hydroxyl groups is 1. The largest absolute Gasteiger partial charge is 0.388 e. The lowest BCUT2D eigenvalue weighted by Gasteiger charge is -1.98. The van der Waals surface area contributed by atoms with Crippen LogP contribution < -0.4 is 0 Å². The SMILES string of the molecule is CCCC(O)C=C=C(C)C. The minimum Gasteiger partial charge on any atom is -0.388 e. The first-order valence-corrected chi connectivity index (χ1v) is 3.75. The van der Waals surface area contributed by atoms with Crippen molar-refractivity contribution in [3.63, 3.8) is 0 Å². The predicted octanol–water partition coefficient (Wildman–Crippen LogP) is 2.27. The summed E-state index contributed by atoms with van der Waals surface area (Å²) < 4.78 is 0. The lowest BCUT2D eigenvalue weighted by Crippen LogP contribution is -1.99. The van der Waals surface area contributed by atoms with Gasteiger partial charge in [-0.25, -0.2) is 0 Å². The molecule has 0 rings (SSSR count). The zero-order valence-electron chi connectivity index (χ0n) is 7.02. The molecule has 0 fully saturated rings. The van der Waals surface area contributed by atoms with Gasteiger partial charge in [-0.1, -0.05) is 13.3 Å². The monoisotopic (exact) mass is 140 g/mol. The Hall–Kier alpha value is -0.520. The third-order valence-electron chi connectivity index (χ3n) is 1.15. The summed E-state index contributed by atoms with van der Waals surface area (Å²) in [6.45, 7) is 5.99. The van der Waals surface area contributed by atoms with E-state index in [0.717, 1.165) is 18.4 Å². The van der Waals surface area contributed by atoms with Crippen LogP contribution in [0.4, 0.5) is 0 Å². The number of aliphatic hydroxyl groups excluding tert-OH is 1. The Morgan fingerprint density at radius 1 is 1.60 bits per heavy atom. The zero-order valence-corrected chi connectivity index (χ0v) is 7.02. The highest BCUT2D eigenvalue weighted by Gasteiger charge is 1.93. The third-order valence-corrected chi connectivity index (χ3v) is 1.15. The summed E-state index contributed by atoms with van der Waals surface area (Å²) in [5.74, 6) is 0. The van der Waals surface area contributed by atoms with Crippen molar-refractivity contribution in [3.05, 3.63) is 17.4 Å². The van der Waals surface area contributed by atoms with Gasteiger partial charge in [-0.15, -0.1) is 5.73 Å². The molecule has 0 bridgehead atoms. The van der Waals surface area contributed by atoms with Crippen LogP contribution in [0.15, 0.2) is 17.4 Å². The Bertz CT molecular complexity index is 137. The van der Waals surface area contributed by atoms with E-state index in [0.29, 0.717) is 0 Å². The molecule has 0 aromatic rings. The summed E-state index contributed by atoms with van der Waals surface area (Å²) in [4.78, 5) is 0. The molecule has 1 heteroatoms. The highest BCUT2D eigenvalue weighted by Crippen LogP contribution is 1.96. The van der Waals surface area contributed by atoms with E-state index in [1.54, 1.807) is 6.08 Å². The van der Waals surface area contributed by atoms with Crippen molar-refractivity contribution >= 4 is 0 Å². The molecular weight excluding hydrogens is 124 g/mol. The first-order valence-electron chi connectivity index (χ1n) is 3.75. The summed E-state index contributed by atoms with van der Waals surface area (Å²) in [6.07, 6.45) is 3.27. The van der Waals surface area contributed by atoms with Crippen LogP contribution in [0.25, 0.3) is 0 Å². The molecule has 0 radical (unpaired) electrons. The summed E-state index contributed by atoms with van der Waals surface area (Å²) in [7, 11) is 0. The minimum absolute atomic E-state index is 0.306. The molecule has 0 aromatic heterocycles. The van der Waals surface area contributed by atoms with E-state index in [1.807, 2.05) is 13.8 Å². The van der Waals surface area contributed by atoms with Crippen LogP contribution in [0.3, 0.4) is 0 Å². The van der Waals surface area contributed by atoms with Crippen molar-refractivity contribution in [2.24, 2.45) is 0 Å². The highest BCUT2D eigenvalue weighted by molar-refractivity contribution is 4.96. The molecular formula is C9H16O.